The fourth-order valence-electron chi connectivity index (χ4n) is 2.19. The van der Waals surface area contributed by atoms with Crippen molar-refractivity contribution in [2.45, 2.75) is 37.6 Å². The first-order valence-electron chi connectivity index (χ1n) is 6.61. The van der Waals surface area contributed by atoms with Gasteiger partial charge < -0.3 is 10.1 Å². The molecule has 1 N–H and O–H groups in total. The average molecular weight is 383 g/mol. The number of ether oxygens (including phenoxy) is 1. The van der Waals surface area contributed by atoms with Crippen molar-refractivity contribution >= 4 is 33.4 Å². The van der Waals surface area contributed by atoms with Crippen LogP contribution < -0.4 is 10.1 Å². The van der Waals surface area contributed by atoms with Crippen molar-refractivity contribution < 1.29 is 18.3 Å². The Morgan fingerprint density at radius 1 is 1.43 bits per heavy atom. The van der Waals surface area contributed by atoms with E-state index in [0.29, 0.717) is 28.1 Å². The Morgan fingerprint density at radius 3 is 2.76 bits per heavy atom. The summed E-state index contributed by atoms with van der Waals surface area (Å²) >= 11 is 9.18. The molecule has 7 heteroatoms. The number of benzene rings is 1. The number of alkyl halides is 2. The van der Waals surface area contributed by atoms with E-state index in [1.165, 1.54) is 0 Å². The molecule has 0 aromatic heterocycles. The van der Waals surface area contributed by atoms with Gasteiger partial charge in [0.2, 0.25) is 5.92 Å². The standard InChI is InChI=1S/C14H15BrClF2NO2/c15-13-10(16)2-1-3-11(13)21-8-12(20)19-9-4-6-14(17,18)7-5-9/h1-3,9H,4-8H2,(H,19,20). The lowest BCUT2D eigenvalue weighted by atomic mass is 9.92. The van der Waals surface area contributed by atoms with Gasteiger partial charge in [-0.3, -0.25) is 4.79 Å². The Kier molecular flexibility index (Phi) is 5.43. The second-order valence-corrected chi connectivity index (χ2v) is 6.24. The van der Waals surface area contributed by atoms with Gasteiger partial charge in [0, 0.05) is 18.9 Å². The van der Waals surface area contributed by atoms with Gasteiger partial charge in [-0.15, -0.1) is 0 Å². The van der Waals surface area contributed by atoms with Crippen LogP contribution in [-0.4, -0.2) is 24.5 Å². The van der Waals surface area contributed by atoms with E-state index in [1.807, 2.05) is 0 Å². The number of hydrogen-bond acceptors (Lipinski definition) is 2. The van der Waals surface area contributed by atoms with Crippen LogP contribution in [-0.2, 0) is 4.79 Å². The molecule has 1 aromatic rings. The van der Waals surface area contributed by atoms with Crippen molar-refractivity contribution in [1.29, 1.82) is 0 Å². The molecule has 2 rings (SSSR count). The summed E-state index contributed by atoms with van der Waals surface area (Å²) < 4.78 is 32.0. The molecular weight excluding hydrogens is 368 g/mol. The van der Waals surface area contributed by atoms with Crippen molar-refractivity contribution in [2.75, 3.05) is 6.61 Å². The van der Waals surface area contributed by atoms with Gasteiger partial charge in [-0.25, -0.2) is 8.78 Å². The minimum absolute atomic E-state index is 0.175. The average Bonchev–Trinajstić information content (AvgIpc) is 2.43. The first kappa shape index (κ1) is 16.5. The molecule has 0 atom stereocenters. The molecule has 1 aromatic carbocycles. The summed E-state index contributed by atoms with van der Waals surface area (Å²) in [6.45, 7) is -0.175. The third kappa shape index (κ3) is 4.81. The first-order valence-corrected chi connectivity index (χ1v) is 7.78. The van der Waals surface area contributed by atoms with Crippen LogP contribution in [0.3, 0.4) is 0 Å². The van der Waals surface area contributed by atoms with Crippen LogP contribution in [0, 0.1) is 0 Å². The van der Waals surface area contributed by atoms with E-state index in [-0.39, 0.29) is 31.4 Å². The molecule has 1 amide bonds. The summed E-state index contributed by atoms with van der Waals surface area (Å²) in [6, 6.07) is 4.89. The van der Waals surface area contributed by atoms with E-state index in [1.54, 1.807) is 18.2 Å². The van der Waals surface area contributed by atoms with Gasteiger partial charge in [0.15, 0.2) is 6.61 Å². The fraction of sp³-hybridized carbons (Fsp3) is 0.500. The Bertz CT molecular complexity index is 518. The van der Waals surface area contributed by atoms with E-state index < -0.39 is 5.92 Å². The highest BCUT2D eigenvalue weighted by Crippen LogP contribution is 2.33. The molecule has 0 aliphatic heterocycles. The second kappa shape index (κ2) is 6.92. The molecule has 0 bridgehead atoms. The van der Waals surface area contributed by atoms with Crippen LogP contribution in [0.15, 0.2) is 22.7 Å². The molecule has 1 saturated carbocycles. The molecule has 0 saturated heterocycles. The Hall–Kier alpha value is -0.880. The minimum atomic E-state index is -2.59. The number of amides is 1. The zero-order chi connectivity index (χ0) is 15.5. The van der Waals surface area contributed by atoms with Gasteiger partial charge in [0.1, 0.15) is 5.75 Å². The monoisotopic (exact) mass is 381 g/mol. The number of hydrogen-bond donors (Lipinski definition) is 1. The molecule has 0 unspecified atom stereocenters. The first-order chi connectivity index (χ1) is 9.87. The molecule has 0 spiro atoms. The summed E-state index contributed by atoms with van der Waals surface area (Å²) in [6.07, 6.45) is 0.219. The minimum Gasteiger partial charge on any atom is -0.483 e. The van der Waals surface area contributed by atoms with Crippen LogP contribution in [0.2, 0.25) is 5.02 Å². The number of halogens is 4. The number of nitrogens with one attached hydrogen (secondary N) is 1. The molecule has 116 valence electrons. The highest BCUT2D eigenvalue weighted by molar-refractivity contribution is 9.10. The SMILES string of the molecule is O=C(COc1cccc(Cl)c1Br)NC1CCC(F)(F)CC1. The second-order valence-electron chi connectivity index (χ2n) is 5.04. The summed E-state index contributed by atoms with van der Waals surface area (Å²) in [7, 11) is 0. The third-order valence-corrected chi connectivity index (χ3v) is 4.72. The Morgan fingerprint density at radius 2 is 2.10 bits per heavy atom. The Labute approximate surface area is 135 Å². The van der Waals surface area contributed by atoms with Crippen LogP contribution in [0.1, 0.15) is 25.7 Å². The lowest BCUT2D eigenvalue weighted by Gasteiger charge is -2.28. The molecule has 3 nitrogen and oxygen atoms in total. The number of carbonyl (C=O) groups excluding carboxylic acids is 1. The quantitative estimate of drug-likeness (QED) is 0.848. The van der Waals surface area contributed by atoms with Gasteiger partial charge in [-0.1, -0.05) is 17.7 Å². The van der Waals surface area contributed by atoms with Gasteiger partial charge in [0.25, 0.3) is 5.91 Å². The van der Waals surface area contributed by atoms with E-state index in [9.17, 15) is 13.6 Å². The highest BCUT2D eigenvalue weighted by Gasteiger charge is 2.35. The predicted octanol–water partition coefficient (Wildman–Crippen LogP) is 4.18. The maximum Gasteiger partial charge on any atom is 0.258 e. The summed E-state index contributed by atoms with van der Waals surface area (Å²) in [5.41, 5.74) is 0. The molecule has 1 fully saturated rings. The normalized spacial score (nSPS) is 18.3. The summed E-state index contributed by atoms with van der Waals surface area (Å²) in [5.74, 6) is -2.45. The van der Waals surface area contributed by atoms with Gasteiger partial charge >= 0.3 is 0 Å². The van der Waals surface area contributed by atoms with E-state index in [0.717, 1.165) is 0 Å². The molecular formula is C14H15BrClF2NO2. The van der Waals surface area contributed by atoms with E-state index in [2.05, 4.69) is 21.2 Å². The maximum absolute atomic E-state index is 13.0. The molecule has 0 heterocycles. The van der Waals surface area contributed by atoms with E-state index >= 15 is 0 Å². The summed E-state index contributed by atoms with van der Waals surface area (Å²) in [5, 5.41) is 3.20. The maximum atomic E-state index is 13.0. The van der Waals surface area contributed by atoms with Crippen LogP contribution >= 0.6 is 27.5 Å². The molecule has 1 aliphatic carbocycles. The largest absolute Gasteiger partial charge is 0.483 e. The highest BCUT2D eigenvalue weighted by atomic mass is 79.9. The number of carbonyl (C=O) groups is 1. The molecule has 1 aliphatic rings. The molecule has 0 radical (unpaired) electrons. The smallest absolute Gasteiger partial charge is 0.258 e. The van der Waals surface area contributed by atoms with Crippen LogP contribution in [0.4, 0.5) is 8.78 Å². The van der Waals surface area contributed by atoms with Crippen LogP contribution in [0.5, 0.6) is 5.75 Å². The van der Waals surface area contributed by atoms with Gasteiger partial charge in [0.05, 0.1) is 9.50 Å². The zero-order valence-corrected chi connectivity index (χ0v) is 13.5. The lowest BCUT2D eigenvalue weighted by molar-refractivity contribution is -0.125. The zero-order valence-electron chi connectivity index (χ0n) is 11.2. The van der Waals surface area contributed by atoms with Gasteiger partial charge in [-0.2, -0.15) is 0 Å². The van der Waals surface area contributed by atoms with Gasteiger partial charge in [-0.05, 0) is 40.9 Å². The van der Waals surface area contributed by atoms with Crippen molar-refractivity contribution in [3.05, 3.63) is 27.7 Å². The predicted molar refractivity (Wildman–Crippen MR) is 80.0 cm³/mol. The summed E-state index contributed by atoms with van der Waals surface area (Å²) in [4.78, 5) is 11.8. The number of rotatable bonds is 4. The molecule has 21 heavy (non-hydrogen) atoms. The third-order valence-electron chi connectivity index (χ3n) is 3.36. The van der Waals surface area contributed by atoms with Crippen molar-refractivity contribution in [3.8, 4) is 5.75 Å². The van der Waals surface area contributed by atoms with Crippen molar-refractivity contribution in [2.24, 2.45) is 0 Å². The van der Waals surface area contributed by atoms with Crippen molar-refractivity contribution in [3.63, 3.8) is 0 Å². The van der Waals surface area contributed by atoms with Crippen LogP contribution in [0.25, 0.3) is 0 Å². The Balaban J connectivity index is 1.79. The topological polar surface area (TPSA) is 38.3 Å². The fourth-order valence-corrected chi connectivity index (χ4v) is 2.74. The van der Waals surface area contributed by atoms with Crippen molar-refractivity contribution in [1.82, 2.24) is 5.32 Å². The lowest BCUT2D eigenvalue weighted by Crippen LogP contribution is -2.42. The van der Waals surface area contributed by atoms with E-state index in [4.69, 9.17) is 16.3 Å².